The number of nitrogens with two attached hydrogens (primary N) is 1. The van der Waals surface area contributed by atoms with Gasteiger partial charge in [-0.05, 0) is 38.1 Å². The fourth-order valence-corrected chi connectivity index (χ4v) is 2.19. The van der Waals surface area contributed by atoms with Gasteiger partial charge in [0.05, 0.1) is 6.54 Å². The fourth-order valence-electron chi connectivity index (χ4n) is 2.19. The Labute approximate surface area is 103 Å². The lowest BCUT2D eigenvalue weighted by molar-refractivity contribution is -0.122. The molecular weight excluding hydrogens is 226 g/mol. The van der Waals surface area contributed by atoms with E-state index in [0.29, 0.717) is 19.1 Å². The number of likely N-dealkylation sites (tertiary alicyclic amines) is 1. The standard InChI is InChI=1S/C11H21N3O.ClH/c12-6-10-2-1-5-14(10)8-11(15)13-7-9-3-4-9;/h9-10H,1-8,12H2,(H,13,15);1H. The molecule has 0 radical (unpaired) electrons. The number of amides is 1. The van der Waals surface area contributed by atoms with E-state index in [4.69, 9.17) is 5.73 Å². The summed E-state index contributed by atoms with van der Waals surface area (Å²) in [6.45, 7) is 3.11. The molecule has 2 rings (SSSR count). The number of hydrogen-bond acceptors (Lipinski definition) is 3. The van der Waals surface area contributed by atoms with Crippen LogP contribution in [-0.4, -0.2) is 43.0 Å². The van der Waals surface area contributed by atoms with Crippen molar-refractivity contribution in [2.24, 2.45) is 11.7 Å². The molecule has 2 aliphatic rings. The van der Waals surface area contributed by atoms with Crippen molar-refractivity contribution in [3.8, 4) is 0 Å². The second-order valence-electron chi connectivity index (χ2n) is 4.75. The molecular formula is C11H22ClN3O. The zero-order valence-corrected chi connectivity index (χ0v) is 10.5. The van der Waals surface area contributed by atoms with E-state index in [1.54, 1.807) is 0 Å². The molecule has 1 heterocycles. The van der Waals surface area contributed by atoms with Crippen LogP contribution in [0.3, 0.4) is 0 Å². The summed E-state index contributed by atoms with van der Waals surface area (Å²) in [5.74, 6) is 0.931. The van der Waals surface area contributed by atoms with Crippen molar-refractivity contribution in [2.45, 2.75) is 31.7 Å². The van der Waals surface area contributed by atoms with E-state index in [0.717, 1.165) is 25.4 Å². The van der Waals surface area contributed by atoms with Crippen LogP contribution in [-0.2, 0) is 4.79 Å². The summed E-state index contributed by atoms with van der Waals surface area (Å²) in [5.41, 5.74) is 5.66. The monoisotopic (exact) mass is 247 g/mol. The third kappa shape index (κ3) is 3.92. The van der Waals surface area contributed by atoms with Gasteiger partial charge in [-0.1, -0.05) is 0 Å². The quantitative estimate of drug-likeness (QED) is 0.738. The lowest BCUT2D eigenvalue weighted by Gasteiger charge is -2.22. The van der Waals surface area contributed by atoms with Crippen molar-refractivity contribution in [3.63, 3.8) is 0 Å². The average molecular weight is 248 g/mol. The normalized spacial score (nSPS) is 25.2. The predicted molar refractivity (Wildman–Crippen MR) is 66.6 cm³/mol. The molecule has 1 amide bonds. The third-order valence-electron chi connectivity index (χ3n) is 3.40. The highest BCUT2D eigenvalue weighted by Gasteiger charge is 2.26. The zero-order chi connectivity index (χ0) is 10.7. The summed E-state index contributed by atoms with van der Waals surface area (Å²) in [7, 11) is 0. The Bertz CT molecular complexity index is 233. The van der Waals surface area contributed by atoms with Crippen LogP contribution in [0.5, 0.6) is 0 Å². The molecule has 0 aromatic carbocycles. The minimum Gasteiger partial charge on any atom is -0.355 e. The van der Waals surface area contributed by atoms with Crippen molar-refractivity contribution in [2.75, 3.05) is 26.2 Å². The first-order valence-corrected chi connectivity index (χ1v) is 6.00. The summed E-state index contributed by atoms with van der Waals surface area (Å²) in [6, 6.07) is 0.427. The second kappa shape index (κ2) is 6.42. The molecule has 4 nitrogen and oxygen atoms in total. The fraction of sp³-hybridized carbons (Fsp3) is 0.909. The first kappa shape index (κ1) is 13.7. The molecule has 1 aliphatic carbocycles. The number of rotatable bonds is 5. The summed E-state index contributed by atoms with van der Waals surface area (Å²) in [5, 5.41) is 2.99. The predicted octanol–water partition coefficient (Wildman–Crippen LogP) is 0.357. The maximum absolute atomic E-state index is 11.6. The van der Waals surface area contributed by atoms with Crippen LogP contribution in [0.1, 0.15) is 25.7 Å². The highest BCUT2D eigenvalue weighted by Crippen LogP contribution is 2.27. The first-order chi connectivity index (χ1) is 7.29. The minimum atomic E-state index is 0. The Morgan fingerprint density at radius 2 is 2.12 bits per heavy atom. The molecule has 3 N–H and O–H groups in total. The van der Waals surface area contributed by atoms with Gasteiger partial charge in [0.1, 0.15) is 0 Å². The van der Waals surface area contributed by atoms with Crippen molar-refractivity contribution >= 4 is 18.3 Å². The maximum atomic E-state index is 11.6. The van der Waals surface area contributed by atoms with E-state index in [1.165, 1.54) is 19.3 Å². The summed E-state index contributed by atoms with van der Waals surface area (Å²) < 4.78 is 0. The molecule has 0 spiro atoms. The van der Waals surface area contributed by atoms with E-state index in [2.05, 4.69) is 10.2 Å². The minimum absolute atomic E-state index is 0. The van der Waals surface area contributed by atoms with Gasteiger partial charge >= 0.3 is 0 Å². The van der Waals surface area contributed by atoms with Crippen LogP contribution in [0.4, 0.5) is 0 Å². The van der Waals surface area contributed by atoms with Crippen LogP contribution in [0.25, 0.3) is 0 Å². The van der Waals surface area contributed by atoms with Gasteiger partial charge < -0.3 is 11.1 Å². The number of halogens is 1. The van der Waals surface area contributed by atoms with Gasteiger partial charge in [0, 0.05) is 19.1 Å². The van der Waals surface area contributed by atoms with E-state index in [-0.39, 0.29) is 18.3 Å². The molecule has 94 valence electrons. The van der Waals surface area contributed by atoms with E-state index < -0.39 is 0 Å². The second-order valence-corrected chi connectivity index (χ2v) is 4.75. The lowest BCUT2D eigenvalue weighted by atomic mass is 10.2. The molecule has 1 unspecified atom stereocenters. The third-order valence-corrected chi connectivity index (χ3v) is 3.40. The molecule has 2 fully saturated rings. The zero-order valence-electron chi connectivity index (χ0n) is 9.65. The van der Waals surface area contributed by atoms with Crippen LogP contribution >= 0.6 is 12.4 Å². The SMILES string of the molecule is Cl.NCC1CCCN1CC(=O)NCC1CC1. The van der Waals surface area contributed by atoms with Crippen molar-refractivity contribution in [3.05, 3.63) is 0 Å². The number of nitrogens with one attached hydrogen (secondary N) is 1. The van der Waals surface area contributed by atoms with Gasteiger partial charge in [-0.3, -0.25) is 9.69 Å². The van der Waals surface area contributed by atoms with E-state index >= 15 is 0 Å². The smallest absolute Gasteiger partial charge is 0.234 e. The number of nitrogens with zero attached hydrogens (tertiary/aromatic N) is 1. The van der Waals surface area contributed by atoms with Gasteiger partial charge in [0.2, 0.25) is 5.91 Å². The molecule has 1 saturated carbocycles. The topological polar surface area (TPSA) is 58.4 Å². The van der Waals surface area contributed by atoms with Crippen molar-refractivity contribution in [1.29, 1.82) is 0 Å². The van der Waals surface area contributed by atoms with Gasteiger partial charge in [0.25, 0.3) is 0 Å². The number of carbonyl (C=O) groups is 1. The molecule has 5 heteroatoms. The highest BCUT2D eigenvalue weighted by atomic mass is 35.5. The molecule has 16 heavy (non-hydrogen) atoms. The van der Waals surface area contributed by atoms with Gasteiger partial charge in [-0.15, -0.1) is 12.4 Å². The van der Waals surface area contributed by atoms with Crippen molar-refractivity contribution < 1.29 is 4.79 Å². The maximum Gasteiger partial charge on any atom is 0.234 e. The van der Waals surface area contributed by atoms with Crippen LogP contribution in [0, 0.1) is 5.92 Å². The number of hydrogen-bond donors (Lipinski definition) is 2. The summed E-state index contributed by atoms with van der Waals surface area (Å²) in [4.78, 5) is 13.8. The summed E-state index contributed by atoms with van der Waals surface area (Å²) in [6.07, 6.45) is 4.90. The van der Waals surface area contributed by atoms with Gasteiger partial charge in [0.15, 0.2) is 0 Å². The Morgan fingerprint density at radius 1 is 1.38 bits per heavy atom. The first-order valence-electron chi connectivity index (χ1n) is 6.00. The molecule has 1 saturated heterocycles. The van der Waals surface area contributed by atoms with Crippen LogP contribution in [0.15, 0.2) is 0 Å². The highest BCUT2D eigenvalue weighted by molar-refractivity contribution is 5.85. The lowest BCUT2D eigenvalue weighted by Crippen LogP contribution is -2.42. The van der Waals surface area contributed by atoms with Crippen LogP contribution < -0.4 is 11.1 Å². The van der Waals surface area contributed by atoms with E-state index in [9.17, 15) is 4.79 Å². The molecule has 1 aliphatic heterocycles. The molecule has 1 atom stereocenters. The van der Waals surface area contributed by atoms with Gasteiger partial charge in [-0.25, -0.2) is 0 Å². The Hall–Kier alpha value is -0.320. The van der Waals surface area contributed by atoms with Gasteiger partial charge in [-0.2, -0.15) is 0 Å². The largest absolute Gasteiger partial charge is 0.355 e. The van der Waals surface area contributed by atoms with E-state index in [1.807, 2.05) is 0 Å². The molecule has 0 aromatic rings. The Kier molecular flexibility index (Phi) is 5.52. The molecule has 0 bridgehead atoms. The Morgan fingerprint density at radius 3 is 2.75 bits per heavy atom. The van der Waals surface area contributed by atoms with Crippen LogP contribution in [0.2, 0.25) is 0 Å². The Balaban J connectivity index is 0.00000128. The van der Waals surface area contributed by atoms with Crippen molar-refractivity contribution in [1.82, 2.24) is 10.2 Å². The number of carbonyl (C=O) groups excluding carboxylic acids is 1. The average Bonchev–Trinajstić information content (AvgIpc) is 2.96. The summed E-state index contributed by atoms with van der Waals surface area (Å²) >= 11 is 0. The molecule has 0 aromatic heterocycles.